The van der Waals surface area contributed by atoms with Crippen LogP contribution in [0.25, 0.3) is 0 Å². The molecule has 23 heavy (non-hydrogen) atoms. The third-order valence-corrected chi connectivity index (χ3v) is 4.53. The second kappa shape index (κ2) is 7.25. The average Bonchev–Trinajstić information content (AvgIpc) is 2.52. The molecule has 0 saturated carbocycles. The van der Waals surface area contributed by atoms with Crippen LogP contribution < -0.4 is 10.5 Å². The molecule has 0 spiro atoms. The number of rotatable bonds is 6. The van der Waals surface area contributed by atoms with Crippen LogP contribution in [0.5, 0.6) is 0 Å². The molecule has 4 nitrogen and oxygen atoms in total. The Hall–Kier alpha value is -1.69. The molecule has 0 aliphatic carbocycles. The van der Waals surface area contributed by atoms with Crippen molar-refractivity contribution in [1.82, 2.24) is 4.72 Å². The quantitative estimate of drug-likeness (QED) is 0.854. The smallest absolute Gasteiger partial charge is 0.209 e. The van der Waals surface area contributed by atoms with Crippen molar-refractivity contribution in [3.05, 3.63) is 71.3 Å². The largest absolute Gasteiger partial charge is 0.322 e. The molecule has 0 heterocycles. The lowest BCUT2D eigenvalue weighted by Gasteiger charge is -2.25. The predicted octanol–water partition coefficient (Wildman–Crippen LogP) is 3.10. The van der Waals surface area contributed by atoms with E-state index in [9.17, 15) is 8.42 Å². The highest BCUT2D eigenvalue weighted by Crippen LogP contribution is 2.28. The summed E-state index contributed by atoms with van der Waals surface area (Å²) in [6, 6.07) is 16.5. The Balaban J connectivity index is 2.37. The van der Waals surface area contributed by atoms with Crippen LogP contribution in [0.15, 0.2) is 54.6 Å². The summed E-state index contributed by atoms with van der Waals surface area (Å²) in [5, 5.41) is 0. The van der Waals surface area contributed by atoms with E-state index < -0.39 is 22.1 Å². The summed E-state index contributed by atoms with van der Waals surface area (Å²) in [7, 11) is -3.38. The lowest BCUT2D eigenvalue weighted by molar-refractivity contribution is 0.507. The van der Waals surface area contributed by atoms with E-state index in [1.165, 1.54) is 5.56 Å². The Morgan fingerprint density at radius 3 is 1.87 bits per heavy atom. The van der Waals surface area contributed by atoms with Gasteiger partial charge in [0.15, 0.2) is 0 Å². The summed E-state index contributed by atoms with van der Waals surface area (Å²) in [6.45, 7) is 4.24. The first-order valence-electron chi connectivity index (χ1n) is 7.65. The lowest BCUT2D eigenvalue weighted by Crippen LogP contribution is -2.35. The highest BCUT2D eigenvalue weighted by Gasteiger charge is 2.24. The van der Waals surface area contributed by atoms with Gasteiger partial charge in [0.05, 0.1) is 18.3 Å². The summed E-state index contributed by atoms with van der Waals surface area (Å²) in [5.74, 6) is 0.424. The van der Waals surface area contributed by atoms with Crippen molar-refractivity contribution in [2.24, 2.45) is 5.73 Å². The Labute approximate surface area is 138 Å². The van der Waals surface area contributed by atoms with Crippen molar-refractivity contribution in [2.45, 2.75) is 31.8 Å². The van der Waals surface area contributed by atoms with Crippen LogP contribution >= 0.6 is 0 Å². The Kier molecular flexibility index (Phi) is 5.57. The summed E-state index contributed by atoms with van der Waals surface area (Å²) in [6.07, 6.45) is 1.15. The monoisotopic (exact) mass is 332 g/mol. The van der Waals surface area contributed by atoms with Crippen LogP contribution in [0, 0.1) is 0 Å². The van der Waals surface area contributed by atoms with Gasteiger partial charge in [0, 0.05) is 0 Å². The molecule has 5 heteroatoms. The van der Waals surface area contributed by atoms with E-state index in [4.69, 9.17) is 5.73 Å². The maximum atomic E-state index is 11.8. The second-order valence-electron chi connectivity index (χ2n) is 6.13. The zero-order valence-corrected chi connectivity index (χ0v) is 14.5. The van der Waals surface area contributed by atoms with Crippen molar-refractivity contribution < 1.29 is 8.42 Å². The van der Waals surface area contributed by atoms with Crippen molar-refractivity contribution in [3.8, 4) is 0 Å². The molecule has 0 aromatic heterocycles. The standard InChI is InChI=1S/C18H24N2O2S/c1-13(2)14-9-11-16(12-10-14)18(20-23(3,21)22)17(19)15-7-5-4-6-8-15/h4-13,17-18,20H,19H2,1-3H3/t17-,18-/m0/s1. The zero-order valence-electron chi connectivity index (χ0n) is 13.7. The molecule has 3 N–H and O–H groups in total. The first-order chi connectivity index (χ1) is 10.8. The number of nitrogens with one attached hydrogen (secondary N) is 1. The average molecular weight is 332 g/mol. The fourth-order valence-electron chi connectivity index (χ4n) is 2.54. The normalized spacial score (nSPS) is 14.7. The van der Waals surface area contributed by atoms with Crippen LogP contribution in [0.1, 0.15) is 48.5 Å². The van der Waals surface area contributed by atoms with Crippen LogP contribution in [-0.2, 0) is 10.0 Å². The molecule has 0 saturated heterocycles. The third-order valence-electron chi connectivity index (χ3n) is 3.85. The molecule has 0 bridgehead atoms. The molecule has 0 fully saturated rings. The first-order valence-corrected chi connectivity index (χ1v) is 9.55. The fourth-order valence-corrected chi connectivity index (χ4v) is 3.28. The SMILES string of the molecule is CC(C)c1ccc([C@H](NS(C)(=O)=O)[C@@H](N)c2ccccc2)cc1. The maximum Gasteiger partial charge on any atom is 0.209 e. The number of hydrogen-bond acceptors (Lipinski definition) is 3. The van der Waals surface area contributed by atoms with Gasteiger partial charge in [-0.25, -0.2) is 13.1 Å². The van der Waals surface area contributed by atoms with Crippen molar-refractivity contribution in [1.29, 1.82) is 0 Å². The molecule has 0 aliphatic rings. The minimum atomic E-state index is -3.38. The van der Waals surface area contributed by atoms with Gasteiger partial charge >= 0.3 is 0 Å². The Bertz CT molecular complexity index is 725. The molecule has 0 unspecified atom stereocenters. The van der Waals surface area contributed by atoms with Gasteiger partial charge in [-0.05, 0) is 22.6 Å². The molecular weight excluding hydrogens is 308 g/mol. The predicted molar refractivity (Wildman–Crippen MR) is 94.6 cm³/mol. The Morgan fingerprint density at radius 1 is 0.870 bits per heavy atom. The van der Waals surface area contributed by atoms with Gasteiger partial charge in [-0.3, -0.25) is 0 Å². The summed E-state index contributed by atoms with van der Waals surface area (Å²) in [5.41, 5.74) is 9.31. The van der Waals surface area contributed by atoms with Gasteiger partial charge in [0.25, 0.3) is 0 Å². The summed E-state index contributed by atoms with van der Waals surface area (Å²) >= 11 is 0. The van der Waals surface area contributed by atoms with E-state index in [0.717, 1.165) is 17.4 Å². The highest BCUT2D eigenvalue weighted by atomic mass is 32.2. The van der Waals surface area contributed by atoms with E-state index in [1.807, 2.05) is 54.6 Å². The van der Waals surface area contributed by atoms with Gasteiger partial charge in [0.2, 0.25) is 10.0 Å². The highest BCUT2D eigenvalue weighted by molar-refractivity contribution is 7.88. The van der Waals surface area contributed by atoms with Gasteiger partial charge in [-0.2, -0.15) is 0 Å². The summed E-state index contributed by atoms with van der Waals surface area (Å²) < 4.78 is 26.2. The van der Waals surface area contributed by atoms with Crippen LogP contribution in [0.2, 0.25) is 0 Å². The van der Waals surface area contributed by atoms with Crippen molar-refractivity contribution in [2.75, 3.05) is 6.26 Å². The third kappa shape index (κ3) is 4.89. The molecule has 2 rings (SSSR count). The van der Waals surface area contributed by atoms with Crippen molar-refractivity contribution >= 4 is 10.0 Å². The van der Waals surface area contributed by atoms with Gasteiger partial charge < -0.3 is 5.73 Å². The number of sulfonamides is 1. The topological polar surface area (TPSA) is 72.2 Å². The number of nitrogens with two attached hydrogens (primary N) is 1. The summed E-state index contributed by atoms with van der Waals surface area (Å²) in [4.78, 5) is 0. The second-order valence-corrected chi connectivity index (χ2v) is 7.91. The van der Waals surface area contributed by atoms with E-state index in [-0.39, 0.29) is 0 Å². The minimum Gasteiger partial charge on any atom is -0.322 e. The number of hydrogen-bond donors (Lipinski definition) is 2. The zero-order chi connectivity index (χ0) is 17.0. The minimum absolute atomic E-state index is 0.424. The van der Waals surface area contributed by atoms with E-state index in [0.29, 0.717) is 5.92 Å². The van der Waals surface area contributed by atoms with Gasteiger partial charge in [-0.15, -0.1) is 0 Å². The van der Waals surface area contributed by atoms with Crippen LogP contribution in [-0.4, -0.2) is 14.7 Å². The van der Waals surface area contributed by atoms with E-state index in [1.54, 1.807) is 0 Å². The molecular formula is C18H24N2O2S. The molecule has 0 radical (unpaired) electrons. The molecule has 2 aromatic rings. The van der Waals surface area contributed by atoms with E-state index in [2.05, 4.69) is 18.6 Å². The Morgan fingerprint density at radius 2 is 1.39 bits per heavy atom. The van der Waals surface area contributed by atoms with E-state index >= 15 is 0 Å². The molecule has 2 atom stereocenters. The maximum absolute atomic E-state index is 11.8. The number of benzene rings is 2. The van der Waals surface area contributed by atoms with Gasteiger partial charge in [-0.1, -0.05) is 68.4 Å². The lowest BCUT2D eigenvalue weighted by atomic mass is 9.93. The first kappa shape index (κ1) is 17.7. The van der Waals surface area contributed by atoms with Gasteiger partial charge in [0.1, 0.15) is 0 Å². The van der Waals surface area contributed by atoms with Crippen LogP contribution in [0.3, 0.4) is 0 Å². The fraction of sp³-hybridized carbons (Fsp3) is 0.333. The molecule has 2 aromatic carbocycles. The molecule has 0 aliphatic heterocycles. The molecule has 124 valence electrons. The van der Waals surface area contributed by atoms with Crippen LogP contribution in [0.4, 0.5) is 0 Å². The molecule has 0 amide bonds. The van der Waals surface area contributed by atoms with Crippen molar-refractivity contribution in [3.63, 3.8) is 0 Å².